The smallest absolute Gasteiger partial charge is 0.227 e. The molecule has 0 fully saturated rings. The fourth-order valence-corrected chi connectivity index (χ4v) is 3.11. The molecule has 0 saturated carbocycles. The van der Waals surface area contributed by atoms with Gasteiger partial charge in [-0.3, -0.25) is 4.79 Å². The Morgan fingerprint density at radius 1 is 1.29 bits per heavy atom. The van der Waals surface area contributed by atoms with Gasteiger partial charge in [-0.2, -0.15) is 4.98 Å². The molecule has 0 radical (unpaired) electrons. The van der Waals surface area contributed by atoms with Gasteiger partial charge in [0.15, 0.2) is 0 Å². The van der Waals surface area contributed by atoms with Crippen LogP contribution >= 0.6 is 0 Å². The van der Waals surface area contributed by atoms with Crippen molar-refractivity contribution in [3.63, 3.8) is 0 Å². The second-order valence-corrected chi connectivity index (χ2v) is 6.83. The third-order valence-electron chi connectivity index (χ3n) is 4.70. The Kier molecular flexibility index (Phi) is 5.06. The summed E-state index contributed by atoms with van der Waals surface area (Å²) in [6, 6.07) is 12.7. The number of nitrogens with zero attached hydrogens (tertiary/aromatic N) is 2. The number of hydrogen-bond donors (Lipinski definition) is 1. The van der Waals surface area contributed by atoms with Crippen molar-refractivity contribution in [2.45, 2.75) is 32.3 Å². The molecule has 28 heavy (non-hydrogen) atoms. The number of aryl methyl sites for hydroxylation is 2. The van der Waals surface area contributed by atoms with Crippen LogP contribution in [0.1, 0.15) is 23.4 Å². The number of nitrogens with one attached hydrogen (secondary N) is 1. The molecule has 7 heteroatoms. The highest BCUT2D eigenvalue weighted by molar-refractivity contribution is 5.76. The molecule has 0 aliphatic carbocycles. The van der Waals surface area contributed by atoms with Crippen molar-refractivity contribution in [1.82, 2.24) is 15.5 Å². The van der Waals surface area contributed by atoms with Gasteiger partial charge in [0.25, 0.3) is 0 Å². The Morgan fingerprint density at radius 3 is 2.96 bits per heavy atom. The minimum absolute atomic E-state index is 0.0483. The number of benzene rings is 2. The van der Waals surface area contributed by atoms with Crippen LogP contribution in [0.2, 0.25) is 0 Å². The zero-order valence-electron chi connectivity index (χ0n) is 15.4. The van der Waals surface area contributed by atoms with Crippen LogP contribution in [0.15, 0.2) is 47.0 Å². The fourth-order valence-electron chi connectivity index (χ4n) is 3.11. The van der Waals surface area contributed by atoms with Crippen LogP contribution in [-0.4, -0.2) is 28.7 Å². The molecule has 1 aliphatic heterocycles. The van der Waals surface area contributed by atoms with Crippen molar-refractivity contribution >= 4 is 5.91 Å². The number of hydrogen-bond acceptors (Lipinski definition) is 5. The lowest BCUT2D eigenvalue weighted by atomic mass is 10.1. The van der Waals surface area contributed by atoms with Crippen LogP contribution in [0, 0.1) is 12.7 Å². The molecule has 4 rings (SSSR count). The molecular formula is C21H20FN3O3. The van der Waals surface area contributed by atoms with E-state index in [2.05, 4.69) is 15.5 Å². The zero-order chi connectivity index (χ0) is 19.5. The van der Waals surface area contributed by atoms with Crippen LogP contribution in [0.25, 0.3) is 11.4 Å². The number of ether oxygens (including phenoxy) is 1. The monoisotopic (exact) mass is 381 g/mol. The van der Waals surface area contributed by atoms with Crippen molar-refractivity contribution in [3.8, 4) is 17.1 Å². The maximum absolute atomic E-state index is 13.7. The first-order valence-corrected chi connectivity index (χ1v) is 9.19. The molecule has 0 unspecified atom stereocenters. The number of halogens is 1. The van der Waals surface area contributed by atoms with Crippen molar-refractivity contribution in [1.29, 1.82) is 0 Å². The van der Waals surface area contributed by atoms with E-state index in [0.717, 1.165) is 17.7 Å². The molecule has 2 heterocycles. The lowest BCUT2D eigenvalue weighted by Crippen LogP contribution is -2.34. The summed E-state index contributed by atoms with van der Waals surface area (Å²) in [7, 11) is 0. The first-order chi connectivity index (χ1) is 13.6. The van der Waals surface area contributed by atoms with E-state index >= 15 is 0 Å². The third kappa shape index (κ3) is 4.03. The Bertz CT molecular complexity index is 977. The molecule has 1 amide bonds. The van der Waals surface area contributed by atoms with Gasteiger partial charge in [0.1, 0.15) is 17.7 Å². The van der Waals surface area contributed by atoms with Gasteiger partial charge in [-0.1, -0.05) is 35.5 Å². The van der Waals surface area contributed by atoms with Gasteiger partial charge in [0, 0.05) is 24.8 Å². The molecule has 1 atom stereocenters. The number of carbonyl (C=O) groups is 1. The predicted octanol–water partition coefficient (Wildman–Crippen LogP) is 3.24. The SMILES string of the molecule is Cc1ccc(-c2noc(CCC(=O)NC[C@@H]3Cc4ccccc4O3)n2)cc1F. The average Bonchev–Trinajstić information content (AvgIpc) is 3.33. The number of fused-ring (bicyclic) bond motifs is 1. The van der Waals surface area contributed by atoms with Gasteiger partial charge in [-0.25, -0.2) is 4.39 Å². The number of para-hydroxylation sites is 1. The predicted molar refractivity (Wildman–Crippen MR) is 100 cm³/mol. The van der Waals surface area contributed by atoms with Gasteiger partial charge in [-0.15, -0.1) is 0 Å². The number of rotatable bonds is 6. The lowest BCUT2D eigenvalue weighted by molar-refractivity contribution is -0.121. The second kappa shape index (κ2) is 7.80. The highest BCUT2D eigenvalue weighted by atomic mass is 19.1. The normalized spacial score (nSPS) is 15.1. The number of aromatic nitrogens is 2. The van der Waals surface area contributed by atoms with E-state index in [9.17, 15) is 9.18 Å². The number of carbonyl (C=O) groups excluding carboxylic acids is 1. The Morgan fingerprint density at radius 2 is 2.14 bits per heavy atom. The summed E-state index contributed by atoms with van der Waals surface area (Å²) < 4.78 is 24.7. The molecule has 1 N–H and O–H groups in total. The van der Waals surface area contributed by atoms with E-state index in [4.69, 9.17) is 9.26 Å². The fraction of sp³-hybridized carbons (Fsp3) is 0.286. The molecule has 0 spiro atoms. The average molecular weight is 381 g/mol. The molecule has 2 aromatic carbocycles. The minimum atomic E-state index is -0.320. The molecule has 0 bridgehead atoms. The molecule has 144 valence electrons. The van der Waals surface area contributed by atoms with Gasteiger partial charge < -0.3 is 14.6 Å². The van der Waals surface area contributed by atoms with E-state index < -0.39 is 0 Å². The summed E-state index contributed by atoms with van der Waals surface area (Å²) in [6.07, 6.45) is 1.28. The Balaban J connectivity index is 1.25. The van der Waals surface area contributed by atoms with Crippen molar-refractivity contribution < 1.29 is 18.4 Å². The first-order valence-electron chi connectivity index (χ1n) is 9.19. The summed E-state index contributed by atoms with van der Waals surface area (Å²) in [5, 5.41) is 6.74. The lowest BCUT2D eigenvalue weighted by Gasteiger charge is -2.11. The van der Waals surface area contributed by atoms with Crippen molar-refractivity contribution in [2.24, 2.45) is 0 Å². The first kappa shape index (κ1) is 18.2. The van der Waals surface area contributed by atoms with E-state index in [-0.39, 0.29) is 24.2 Å². The summed E-state index contributed by atoms with van der Waals surface area (Å²) >= 11 is 0. The van der Waals surface area contributed by atoms with Crippen LogP contribution in [0.5, 0.6) is 5.75 Å². The van der Waals surface area contributed by atoms with E-state index in [1.165, 1.54) is 6.07 Å². The van der Waals surface area contributed by atoms with Crippen molar-refractivity contribution in [3.05, 3.63) is 65.3 Å². The summed E-state index contributed by atoms with van der Waals surface area (Å²) in [5.74, 6) is 1.11. The topological polar surface area (TPSA) is 77.2 Å². The maximum atomic E-state index is 13.7. The van der Waals surface area contributed by atoms with Crippen LogP contribution in [0.3, 0.4) is 0 Å². The van der Waals surface area contributed by atoms with E-state index in [1.807, 2.05) is 24.3 Å². The summed E-state index contributed by atoms with van der Waals surface area (Å²) in [5.41, 5.74) is 2.26. The minimum Gasteiger partial charge on any atom is -0.488 e. The maximum Gasteiger partial charge on any atom is 0.227 e. The molecule has 3 aromatic rings. The molecule has 1 aromatic heterocycles. The molecule has 6 nitrogen and oxygen atoms in total. The van der Waals surface area contributed by atoms with Crippen LogP contribution in [0.4, 0.5) is 4.39 Å². The van der Waals surface area contributed by atoms with Gasteiger partial charge >= 0.3 is 0 Å². The number of amides is 1. The molecule has 1 aliphatic rings. The van der Waals surface area contributed by atoms with Crippen LogP contribution < -0.4 is 10.1 Å². The second-order valence-electron chi connectivity index (χ2n) is 6.83. The van der Waals surface area contributed by atoms with E-state index in [1.54, 1.807) is 19.1 Å². The van der Waals surface area contributed by atoms with Gasteiger partial charge in [-0.05, 0) is 30.2 Å². The Hall–Kier alpha value is -3.22. The Labute approximate surface area is 161 Å². The van der Waals surface area contributed by atoms with Crippen LogP contribution in [-0.2, 0) is 17.6 Å². The highest BCUT2D eigenvalue weighted by Gasteiger charge is 2.22. The highest BCUT2D eigenvalue weighted by Crippen LogP contribution is 2.27. The summed E-state index contributed by atoms with van der Waals surface area (Å²) in [4.78, 5) is 16.3. The molecule has 0 saturated heterocycles. The standard InChI is InChI=1S/C21H20FN3O3/c1-13-6-7-15(11-17(13)22)21-24-20(28-25-21)9-8-19(26)23-12-16-10-14-4-2-3-5-18(14)27-16/h2-7,11,16H,8-10,12H2,1H3,(H,23,26)/t16-/m0/s1. The third-order valence-corrected chi connectivity index (χ3v) is 4.70. The van der Waals surface area contributed by atoms with Gasteiger partial charge in [0.2, 0.25) is 17.6 Å². The van der Waals surface area contributed by atoms with Crippen molar-refractivity contribution in [2.75, 3.05) is 6.54 Å². The zero-order valence-corrected chi connectivity index (χ0v) is 15.4. The van der Waals surface area contributed by atoms with E-state index in [0.29, 0.717) is 35.8 Å². The van der Waals surface area contributed by atoms with Gasteiger partial charge in [0.05, 0.1) is 6.54 Å². The summed E-state index contributed by atoms with van der Waals surface area (Å²) in [6.45, 7) is 2.14. The largest absolute Gasteiger partial charge is 0.488 e. The molecular weight excluding hydrogens is 361 g/mol. The quantitative estimate of drug-likeness (QED) is 0.709.